The predicted molar refractivity (Wildman–Crippen MR) is 68.6 cm³/mol. The van der Waals surface area contributed by atoms with Gasteiger partial charge in [-0.15, -0.1) is 11.8 Å². The van der Waals surface area contributed by atoms with E-state index in [0.29, 0.717) is 11.2 Å². The molecular weight excluding hydrogens is 220 g/mol. The first-order chi connectivity index (χ1) is 7.63. The fourth-order valence-electron chi connectivity index (χ4n) is 1.28. The molecule has 1 aromatic rings. The quantitative estimate of drug-likeness (QED) is 0.727. The van der Waals surface area contributed by atoms with Crippen molar-refractivity contribution in [1.29, 1.82) is 0 Å². The monoisotopic (exact) mass is 242 g/mol. The Morgan fingerprint density at radius 1 is 1.31 bits per heavy atom. The fraction of sp³-hybridized carbons (Fsp3) is 0.833. The molecule has 0 amide bonds. The van der Waals surface area contributed by atoms with Gasteiger partial charge in [0, 0.05) is 6.42 Å². The van der Waals surface area contributed by atoms with E-state index >= 15 is 0 Å². The molecule has 1 heterocycles. The lowest BCUT2D eigenvalue weighted by molar-refractivity contribution is 0.374. The average Bonchev–Trinajstić information content (AvgIpc) is 2.71. The van der Waals surface area contributed by atoms with E-state index in [9.17, 15) is 0 Å². The Bertz CT molecular complexity index is 299. The summed E-state index contributed by atoms with van der Waals surface area (Å²) >= 11 is 1.88. The summed E-state index contributed by atoms with van der Waals surface area (Å²) < 4.78 is 5.27. The van der Waals surface area contributed by atoms with Gasteiger partial charge in [0.05, 0.1) is 5.25 Å². The summed E-state index contributed by atoms with van der Waals surface area (Å²) in [6.45, 7) is 8.74. The van der Waals surface area contributed by atoms with Crippen molar-refractivity contribution in [2.45, 2.75) is 52.2 Å². The minimum absolute atomic E-state index is 0.310. The van der Waals surface area contributed by atoms with Crippen molar-refractivity contribution in [3.63, 3.8) is 0 Å². The van der Waals surface area contributed by atoms with E-state index < -0.39 is 0 Å². The lowest BCUT2D eigenvalue weighted by Gasteiger charge is -2.07. The van der Waals surface area contributed by atoms with Crippen molar-refractivity contribution < 1.29 is 4.52 Å². The summed E-state index contributed by atoms with van der Waals surface area (Å²) in [6.07, 6.45) is 3.23. The molecule has 0 N–H and O–H groups in total. The molecule has 0 aliphatic rings. The van der Waals surface area contributed by atoms with Gasteiger partial charge in [-0.05, 0) is 25.0 Å². The average molecular weight is 242 g/mol. The first-order valence-corrected chi connectivity index (χ1v) is 7.12. The molecule has 0 saturated heterocycles. The van der Waals surface area contributed by atoms with E-state index in [0.717, 1.165) is 30.3 Å². The van der Waals surface area contributed by atoms with E-state index in [1.54, 1.807) is 0 Å². The highest BCUT2D eigenvalue weighted by Gasteiger charge is 2.14. The van der Waals surface area contributed by atoms with Gasteiger partial charge in [-0.1, -0.05) is 32.3 Å². The van der Waals surface area contributed by atoms with E-state index in [2.05, 4.69) is 37.8 Å². The molecule has 1 unspecified atom stereocenters. The minimum atomic E-state index is 0.310. The second-order valence-corrected chi connectivity index (χ2v) is 5.90. The van der Waals surface area contributed by atoms with Gasteiger partial charge in [-0.3, -0.25) is 0 Å². The first-order valence-electron chi connectivity index (χ1n) is 6.07. The molecular formula is C12H22N2OS. The summed E-state index contributed by atoms with van der Waals surface area (Å²) in [5.41, 5.74) is 0. The lowest BCUT2D eigenvalue weighted by atomic mass is 10.2. The number of unbranched alkanes of at least 4 members (excludes halogenated alkanes) is 1. The third kappa shape index (κ3) is 4.56. The molecule has 0 saturated carbocycles. The van der Waals surface area contributed by atoms with E-state index in [1.165, 1.54) is 6.42 Å². The number of hydrogen-bond donors (Lipinski definition) is 0. The molecule has 1 atom stereocenters. The number of aromatic nitrogens is 2. The third-order valence-electron chi connectivity index (χ3n) is 2.27. The van der Waals surface area contributed by atoms with Crippen LogP contribution in [0.25, 0.3) is 0 Å². The summed E-state index contributed by atoms with van der Waals surface area (Å²) in [6, 6.07) is 0. The van der Waals surface area contributed by atoms with Gasteiger partial charge in [0.15, 0.2) is 5.82 Å². The number of nitrogens with zero attached hydrogens (tertiary/aromatic N) is 2. The van der Waals surface area contributed by atoms with Crippen molar-refractivity contribution in [1.82, 2.24) is 10.1 Å². The van der Waals surface area contributed by atoms with Gasteiger partial charge in [0.2, 0.25) is 5.89 Å². The van der Waals surface area contributed by atoms with E-state index in [4.69, 9.17) is 4.52 Å². The van der Waals surface area contributed by atoms with Crippen LogP contribution in [0.1, 0.15) is 57.5 Å². The van der Waals surface area contributed by atoms with Crippen LogP contribution in [0, 0.1) is 5.92 Å². The smallest absolute Gasteiger partial charge is 0.239 e. The molecule has 16 heavy (non-hydrogen) atoms. The van der Waals surface area contributed by atoms with Crippen molar-refractivity contribution >= 4 is 11.8 Å². The second-order valence-electron chi connectivity index (χ2n) is 4.52. The maximum Gasteiger partial charge on any atom is 0.239 e. The molecule has 92 valence electrons. The van der Waals surface area contributed by atoms with Gasteiger partial charge in [0.25, 0.3) is 0 Å². The van der Waals surface area contributed by atoms with Gasteiger partial charge < -0.3 is 4.52 Å². The molecule has 0 aliphatic heterocycles. The van der Waals surface area contributed by atoms with Crippen molar-refractivity contribution in [3.8, 4) is 0 Å². The highest BCUT2D eigenvalue weighted by atomic mass is 32.2. The fourth-order valence-corrected chi connectivity index (χ4v) is 2.19. The number of aryl methyl sites for hydroxylation is 1. The van der Waals surface area contributed by atoms with E-state index in [1.807, 2.05) is 11.8 Å². The van der Waals surface area contributed by atoms with Crippen LogP contribution in [-0.4, -0.2) is 15.9 Å². The zero-order valence-corrected chi connectivity index (χ0v) is 11.5. The molecule has 0 aromatic carbocycles. The molecule has 4 heteroatoms. The van der Waals surface area contributed by atoms with Gasteiger partial charge in [-0.2, -0.15) is 4.98 Å². The maximum absolute atomic E-state index is 5.27. The van der Waals surface area contributed by atoms with Crippen molar-refractivity contribution in [2.75, 3.05) is 5.75 Å². The Morgan fingerprint density at radius 3 is 2.69 bits per heavy atom. The number of rotatable bonds is 7. The zero-order valence-electron chi connectivity index (χ0n) is 10.7. The summed E-state index contributed by atoms with van der Waals surface area (Å²) in [7, 11) is 0. The Labute approximate surface area is 102 Å². The molecule has 3 nitrogen and oxygen atoms in total. The molecule has 0 bridgehead atoms. The molecule has 0 aliphatic carbocycles. The Balaban J connectivity index is 2.43. The van der Waals surface area contributed by atoms with Gasteiger partial charge in [0.1, 0.15) is 0 Å². The van der Waals surface area contributed by atoms with Gasteiger partial charge in [-0.25, -0.2) is 0 Å². The first kappa shape index (κ1) is 13.6. The summed E-state index contributed by atoms with van der Waals surface area (Å²) in [4.78, 5) is 4.43. The Hall–Kier alpha value is -0.510. The van der Waals surface area contributed by atoms with Crippen LogP contribution in [0.2, 0.25) is 0 Å². The summed E-state index contributed by atoms with van der Waals surface area (Å²) in [5.74, 6) is 3.47. The Morgan fingerprint density at radius 2 is 2.06 bits per heavy atom. The van der Waals surface area contributed by atoms with Gasteiger partial charge >= 0.3 is 0 Å². The van der Waals surface area contributed by atoms with Crippen LogP contribution < -0.4 is 0 Å². The summed E-state index contributed by atoms with van der Waals surface area (Å²) in [5, 5.41) is 4.31. The van der Waals surface area contributed by atoms with Crippen LogP contribution in [-0.2, 0) is 6.42 Å². The van der Waals surface area contributed by atoms with Crippen LogP contribution >= 0.6 is 11.8 Å². The van der Waals surface area contributed by atoms with Crippen molar-refractivity contribution in [3.05, 3.63) is 11.7 Å². The highest BCUT2D eigenvalue weighted by Crippen LogP contribution is 2.28. The van der Waals surface area contributed by atoms with Crippen LogP contribution in [0.4, 0.5) is 0 Å². The topological polar surface area (TPSA) is 38.9 Å². The largest absolute Gasteiger partial charge is 0.338 e. The maximum atomic E-state index is 5.27. The second kappa shape index (κ2) is 6.94. The van der Waals surface area contributed by atoms with Crippen LogP contribution in [0.5, 0.6) is 0 Å². The van der Waals surface area contributed by atoms with Crippen LogP contribution in [0.15, 0.2) is 4.52 Å². The SMILES string of the molecule is CCCCc1noc(C(C)SCC(C)C)n1. The third-order valence-corrected chi connectivity index (χ3v) is 3.83. The molecule has 0 fully saturated rings. The lowest BCUT2D eigenvalue weighted by Crippen LogP contribution is -1.96. The normalized spacial score (nSPS) is 13.3. The molecule has 0 radical (unpaired) electrons. The predicted octanol–water partition coefficient (Wildman–Crippen LogP) is 3.86. The highest BCUT2D eigenvalue weighted by molar-refractivity contribution is 7.99. The number of hydrogen-bond acceptors (Lipinski definition) is 4. The zero-order chi connectivity index (χ0) is 12.0. The van der Waals surface area contributed by atoms with E-state index in [-0.39, 0.29) is 0 Å². The standard InChI is InChI=1S/C12H22N2OS/c1-5-6-7-11-13-12(15-14-11)10(4)16-8-9(2)3/h9-10H,5-8H2,1-4H3. The number of thioether (sulfide) groups is 1. The minimum Gasteiger partial charge on any atom is -0.338 e. The Kier molecular flexibility index (Phi) is 5.88. The molecule has 0 spiro atoms. The molecule has 1 rings (SSSR count). The van der Waals surface area contributed by atoms with Crippen molar-refractivity contribution in [2.24, 2.45) is 5.92 Å². The van der Waals surface area contributed by atoms with Crippen LogP contribution in [0.3, 0.4) is 0 Å². The molecule has 1 aromatic heterocycles.